The number of hydrogen-bond acceptors (Lipinski definition) is 16. The summed E-state index contributed by atoms with van der Waals surface area (Å²) in [4.78, 5) is 117. The lowest BCUT2D eigenvalue weighted by Gasteiger charge is -2.15. The van der Waals surface area contributed by atoms with Crippen molar-refractivity contribution in [3.63, 3.8) is 0 Å². The Bertz CT molecular complexity index is 2420. The maximum Gasteiger partial charge on any atom is 0.308 e. The molecular formula is C48H55N3O17. The molecule has 0 spiro atoms. The van der Waals surface area contributed by atoms with Gasteiger partial charge in [-0.15, -0.1) is 0 Å². The highest BCUT2D eigenvalue weighted by Crippen LogP contribution is 2.31. The molecule has 0 aromatic heterocycles. The first-order valence-corrected chi connectivity index (χ1v) is 21.3. The Kier molecular flexibility index (Phi) is 20.1. The molecule has 20 heteroatoms. The van der Waals surface area contributed by atoms with Gasteiger partial charge in [-0.2, -0.15) is 0 Å². The molecule has 2 heterocycles. The Balaban J connectivity index is 0.000000272. The van der Waals surface area contributed by atoms with E-state index in [-0.39, 0.29) is 89.0 Å². The highest BCUT2D eigenvalue weighted by molar-refractivity contribution is 6.12. The van der Waals surface area contributed by atoms with E-state index in [1.54, 1.807) is 45.0 Å². The third kappa shape index (κ3) is 16.2. The van der Waals surface area contributed by atoms with Gasteiger partial charge in [0.1, 0.15) is 0 Å². The minimum atomic E-state index is -1.00. The maximum absolute atomic E-state index is 12.1. The molecule has 0 bridgehead atoms. The Morgan fingerprint density at radius 3 is 1.37 bits per heavy atom. The fraction of sp³-hybridized carbons (Fsp3) is 0.375. The number of benzene rings is 3. The number of phenolic OH excluding ortho intramolecular Hbond substituents is 2. The molecule has 1 fully saturated rings. The van der Waals surface area contributed by atoms with E-state index in [2.05, 4.69) is 5.32 Å². The van der Waals surface area contributed by atoms with Crippen LogP contribution in [0.1, 0.15) is 72.1 Å². The molecule has 5 rings (SSSR count). The number of carbonyl (C=O) groups is 10. The van der Waals surface area contributed by atoms with Crippen LogP contribution < -0.4 is 24.3 Å². The molecule has 3 aromatic carbocycles. The summed E-state index contributed by atoms with van der Waals surface area (Å²) in [5.41, 5.74) is 2.24. The average Bonchev–Trinajstić information content (AvgIpc) is 3.68. The quantitative estimate of drug-likeness (QED) is 0.0687. The zero-order chi connectivity index (χ0) is 51.0. The van der Waals surface area contributed by atoms with Crippen LogP contribution in [0, 0.1) is 23.7 Å². The summed E-state index contributed by atoms with van der Waals surface area (Å²) in [5.74, 6) is -6.40. The molecule has 4 atom stereocenters. The maximum atomic E-state index is 12.1. The van der Waals surface area contributed by atoms with Gasteiger partial charge in [0.15, 0.2) is 34.5 Å². The predicted octanol–water partition coefficient (Wildman–Crippen LogP) is 3.84. The second-order valence-electron chi connectivity index (χ2n) is 15.8. The molecular weight excluding hydrogens is 891 g/mol. The zero-order valence-corrected chi connectivity index (χ0v) is 38.9. The fourth-order valence-electron chi connectivity index (χ4n) is 6.40. The van der Waals surface area contributed by atoms with Crippen molar-refractivity contribution in [2.24, 2.45) is 23.7 Å². The van der Waals surface area contributed by atoms with Crippen LogP contribution in [0.15, 0.2) is 66.7 Å². The van der Waals surface area contributed by atoms with E-state index in [4.69, 9.17) is 29.2 Å². The third-order valence-corrected chi connectivity index (χ3v) is 10.5. The van der Waals surface area contributed by atoms with E-state index in [0.717, 1.165) is 21.6 Å². The molecule has 20 nitrogen and oxygen atoms in total. The number of ether oxygens (including phenoxy) is 4. The van der Waals surface area contributed by atoms with Crippen molar-refractivity contribution in [3.8, 4) is 34.5 Å². The van der Waals surface area contributed by atoms with Crippen LogP contribution >= 0.6 is 0 Å². The average molecular weight is 946 g/mol. The fourth-order valence-corrected chi connectivity index (χ4v) is 6.40. The number of phenols is 2. The molecule has 3 aromatic rings. The van der Waals surface area contributed by atoms with E-state index < -0.39 is 41.7 Å². The number of nitrogens with one attached hydrogen (secondary N) is 1. The van der Waals surface area contributed by atoms with Crippen LogP contribution in [0.5, 0.6) is 34.5 Å². The smallest absolute Gasteiger partial charge is 0.308 e. The van der Waals surface area contributed by atoms with Crippen molar-refractivity contribution in [2.45, 2.75) is 74.7 Å². The van der Waals surface area contributed by atoms with E-state index in [0.29, 0.717) is 25.8 Å². The number of carboxylic acids is 1. The second-order valence-corrected chi connectivity index (χ2v) is 15.8. The van der Waals surface area contributed by atoms with Crippen molar-refractivity contribution < 1.29 is 82.2 Å². The Morgan fingerprint density at radius 1 is 0.559 bits per heavy atom. The van der Waals surface area contributed by atoms with Gasteiger partial charge in [-0.1, -0.05) is 45.9 Å². The van der Waals surface area contributed by atoms with E-state index in [9.17, 15) is 53.1 Å². The summed E-state index contributed by atoms with van der Waals surface area (Å²) in [5, 5.41) is 30.0. The number of imide groups is 2. The minimum absolute atomic E-state index is 0.113. The van der Waals surface area contributed by atoms with Crippen molar-refractivity contribution in [2.75, 3.05) is 19.6 Å². The summed E-state index contributed by atoms with van der Waals surface area (Å²) in [6.07, 6.45) is 3.71. The van der Waals surface area contributed by atoms with Gasteiger partial charge in [0.05, 0.1) is 5.92 Å². The number of amides is 5. The topological polar surface area (TPSA) is 287 Å². The van der Waals surface area contributed by atoms with Crippen LogP contribution in [-0.4, -0.2) is 104 Å². The highest BCUT2D eigenvalue weighted by atomic mass is 16.6. The molecule has 364 valence electrons. The number of rotatable bonds is 16. The number of carboxylic acid groups (broad SMARTS) is 1. The lowest BCUT2D eigenvalue weighted by Crippen LogP contribution is -2.36. The molecule has 0 radical (unpaired) electrons. The summed E-state index contributed by atoms with van der Waals surface area (Å²) in [6, 6.07) is 13.9. The number of hydrogen-bond donors (Lipinski definition) is 4. The minimum Gasteiger partial charge on any atom is -0.504 e. The number of likely N-dealkylation sites (tertiary alicyclic amines) is 1. The van der Waals surface area contributed by atoms with E-state index in [1.165, 1.54) is 82.0 Å². The molecule has 2 aliphatic heterocycles. The van der Waals surface area contributed by atoms with Gasteiger partial charge in [0.25, 0.3) is 11.8 Å². The molecule has 2 aliphatic rings. The summed E-state index contributed by atoms with van der Waals surface area (Å²) < 4.78 is 20.1. The molecule has 5 amide bonds. The van der Waals surface area contributed by atoms with Gasteiger partial charge < -0.3 is 39.6 Å². The van der Waals surface area contributed by atoms with Crippen LogP contribution in [0.4, 0.5) is 0 Å². The largest absolute Gasteiger partial charge is 0.504 e. The molecule has 0 aliphatic carbocycles. The summed E-state index contributed by atoms with van der Waals surface area (Å²) in [7, 11) is 0. The van der Waals surface area contributed by atoms with Gasteiger partial charge in [0, 0.05) is 77.2 Å². The number of aromatic hydroxyl groups is 2. The van der Waals surface area contributed by atoms with E-state index >= 15 is 0 Å². The van der Waals surface area contributed by atoms with Crippen molar-refractivity contribution >= 4 is 59.4 Å². The van der Waals surface area contributed by atoms with E-state index in [1.807, 2.05) is 0 Å². The van der Waals surface area contributed by atoms with Crippen molar-refractivity contribution in [3.05, 3.63) is 83.4 Å². The SMILES string of the molecule is CC(=O)Oc1ccc(CCN2C(=O)C(C)C(C)C2=O)cc1OC(C)=O.CC(=O)Oc1ccc(CCN2C(=O)C=CC2=O)cc1OC(C)=O.CC(C(=O)O)C(C)C(=O)NCCc1ccc(O)c(O)c1. The Labute approximate surface area is 391 Å². The first-order valence-electron chi connectivity index (χ1n) is 21.3. The van der Waals surface area contributed by atoms with Crippen LogP contribution in [0.2, 0.25) is 0 Å². The number of aliphatic carboxylic acids is 1. The van der Waals surface area contributed by atoms with Gasteiger partial charge in [-0.05, 0) is 72.4 Å². The molecule has 68 heavy (non-hydrogen) atoms. The van der Waals surface area contributed by atoms with Crippen LogP contribution in [0.3, 0.4) is 0 Å². The normalized spacial score (nSPS) is 15.8. The molecule has 1 saturated heterocycles. The summed E-state index contributed by atoms with van der Waals surface area (Å²) >= 11 is 0. The van der Waals surface area contributed by atoms with Gasteiger partial charge in [-0.25, -0.2) is 0 Å². The lowest BCUT2D eigenvalue weighted by molar-refractivity contribution is -0.146. The Morgan fingerprint density at radius 2 is 0.956 bits per heavy atom. The zero-order valence-electron chi connectivity index (χ0n) is 38.9. The standard InChI is InChI=1S/C18H21NO6.C16H15NO6.C14H19NO5/c1-10-11(2)18(23)19(17(10)22)8-7-14-5-6-15(24-12(3)20)16(9-14)25-13(4)21;1-10(18)22-13-4-3-12(9-14(13)23-11(2)19)7-8-17-15(20)5-6-16(17)21;1-8(9(2)14(19)20)13(18)15-6-5-10-3-4-11(16)12(17)7-10/h5-6,9-11H,7-8H2,1-4H3;3-6,9H,7-8H2,1-2H3;3-4,7-9,16-17H,5-6H2,1-2H3,(H,15,18)(H,19,20). The molecule has 0 saturated carbocycles. The third-order valence-electron chi connectivity index (χ3n) is 10.5. The van der Waals surface area contributed by atoms with Gasteiger partial charge in [-0.3, -0.25) is 57.7 Å². The second kappa shape index (κ2) is 25.1. The van der Waals surface area contributed by atoms with Gasteiger partial charge >= 0.3 is 29.8 Å². The number of carbonyl (C=O) groups excluding carboxylic acids is 9. The van der Waals surface area contributed by atoms with Crippen LogP contribution in [0.25, 0.3) is 0 Å². The first kappa shape index (κ1) is 54.4. The molecule has 4 N–H and O–H groups in total. The monoisotopic (exact) mass is 945 g/mol. The first-order chi connectivity index (χ1) is 31.9. The van der Waals surface area contributed by atoms with Crippen LogP contribution in [-0.2, 0) is 67.2 Å². The van der Waals surface area contributed by atoms with Gasteiger partial charge in [0.2, 0.25) is 17.7 Å². The van der Waals surface area contributed by atoms with Crippen molar-refractivity contribution in [1.29, 1.82) is 0 Å². The number of nitrogens with zero attached hydrogens (tertiary/aromatic N) is 2. The number of esters is 4. The lowest BCUT2D eigenvalue weighted by atomic mass is 9.95. The highest BCUT2D eigenvalue weighted by Gasteiger charge is 2.41. The molecule has 4 unspecified atom stereocenters. The van der Waals surface area contributed by atoms with Crippen molar-refractivity contribution in [1.82, 2.24) is 15.1 Å². The predicted molar refractivity (Wildman–Crippen MR) is 239 cm³/mol. The Hall–Kier alpha value is -7.90. The summed E-state index contributed by atoms with van der Waals surface area (Å²) in [6.45, 7) is 12.3.